The van der Waals surface area contributed by atoms with Gasteiger partial charge in [-0.25, -0.2) is 4.98 Å². The molecule has 2 aromatic heterocycles. The number of hydrogen-bond acceptors (Lipinski definition) is 5. The second-order valence-electron chi connectivity index (χ2n) is 7.32. The maximum absolute atomic E-state index is 12.9. The normalized spacial score (nSPS) is 15.7. The number of carbonyl (C=O) groups is 2. The lowest BCUT2D eigenvalue weighted by Gasteiger charge is -2.18. The molecule has 0 radical (unpaired) electrons. The zero-order valence-corrected chi connectivity index (χ0v) is 18.5. The van der Waals surface area contributed by atoms with Crippen LogP contribution < -0.4 is 15.0 Å². The molecule has 158 valence electrons. The van der Waals surface area contributed by atoms with Gasteiger partial charge >= 0.3 is 0 Å². The Balaban J connectivity index is 1.43. The highest BCUT2D eigenvalue weighted by Gasteiger charge is 2.35. The second-order valence-corrected chi connectivity index (χ2v) is 8.18. The molecule has 3 heterocycles. The summed E-state index contributed by atoms with van der Waals surface area (Å²) in [5, 5.41) is 2.83. The molecular weight excluding hydrogens is 460 g/mol. The maximum atomic E-state index is 12.9. The lowest BCUT2D eigenvalue weighted by molar-refractivity contribution is -0.122. The number of pyridine rings is 2. The zero-order chi connectivity index (χ0) is 21.8. The second kappa shape index (κ2) is 9.26. The van der Waals surface area contributed by atoms with Gasteiger partial charge in [-0.2, -0.15) is 0 Å². The molecule has 4 rings (SSSR count). The van der Waals surface area contributed by atoms with Gasteiger partial charge in [0.05, 0.1) is 5.92 Å². The van der Waals surface area contributed by atoms with Crippen molar-refractivity contribution in [3.63, 3.8) is 0 Å². The van der Waals surface area contributed by atoms with Gasteiger partial charge in [0.2, 0.25) is 11.8 Å². The van der Waals surface area contributed by atoms with Crippen molar-refractivity contribution < 1.29 is 14.3 Å². The Kier molecular flexibility index (Phi) is 6.27. The van der Waals surface area contributed by atoms with Crippen molar-refractivity contribution in [2.24, 2.45) is 5.92 Å². The van der Waals surface area contributed by atoms with Crippen LogP contribution in [0.3, 0.4) is 0 Å². The summed E-state index contributed by atoms with van der Waals surface area (Å²) in [5.74, 6) is 0.0185. The molecule has 1 aromatic carbocycles. The van der Waals surface area contributed by atoms with E-state index in [-0.39, 0.29) is 18.2 Å². The molecule has 31 heavy (non-hydrogen) atoms. The number of aryl methyl sites for hydroxylation is 1. The van der Waals surface area contributed by atoms with Gasteiger partial charge in [-0.05, 0) is 60.5 Å². The van der Waals surface area contributed by atoms with Crippen LogP contribution in [0.1, 0.15) is 17.5 Å². The number of aromatic nitrogens is 2. The molecule has 1 saturated heterocycles. The van der Waals surface area contributed by atoms with Crippen LogP contribution in [0.4, 0.5) is 11.5 Å². The maximum Gasteiger partial charge on any atom is 0.231 e. The Bertz CT molecular complexity index is 1110. The Morgan fingerprint density at radius 3 is 2.81 bits per heavy atom. The van der Waals surface area contributed by atoms with Crippen LogP contribution in [0.5, 0.6) is 5.75 Å². The molecule has 0 saturated carbocycles. The van der Waals surface area contributed by atoms with E-state index in [9.17, 15) is 9.59 Å². The van der Waals surface area contributed by atoms with Crippen LogP contribution in [0.2, 0.25) is 0 Å². The highest BCUT2D eigenvalue weighted by molar-refractivity contribution is 9.10. The van der Waals surface area contributed by atoms with Crippen LogP contribution >= 0.6 is 15.9 Å². The van der Waals surface area contributed by atoms with Crippen molar-refractivity contribution >= 4 is 39.2 Å². The summed E-state index contributed by atoms with van der Waals surface area (Å²) in [7, 11) is 0. The third-order valence-electron chi connectivity index (χ3n) is 5.11. The van der Waals surface area contributed by atoms with E-state index in [4.69, 9.17) is 4.74 Å². The largest absolute Gasteiger partial charge is 0.485 e. The predicted molar refractivity (Wildman–Crippen MR) is 121 cm³/mol. The van der Waals surface area contributed by atoms with Crippen molar-refractivity contribution in [1.29, 1.82) is 0 Å². The third-order valence-corrected chi connectivity index (χ3v) is 5.99. The first-order chi connectivity index (χ1) is 15.0. The number of ether oxygens (including phenoxy) is 1. The van der Waals surface area contributed by atoms with Crippen molar-refractivity contribution in [2.45, 2.75) is 20.0 Å². The summed E-state index contributed by atoms with van der Waals surface area (Å²) in [6.07, 6.45) is 5.13. The first kappa shape index (κ1) is 21.0. The van der Waals surface area contributed by atoms with Gasteiger partial charge in [0, 0.05) is 41.7 Å². The van der Waals surface area contributed by atoms with Gasteiger partial charge in [-0.3, -0.25) is 14.6 Å². The number of carbonyl (C=O) groups excluding carboxylic acids is 2. The molecular formula is C23H21BrN4O3. The van der Waals surface area contributed by atoms with Gasteiger partial charge in [0.15, 0.2) is 11.6 Å². The third kappa shape index (κ3) is 4.91. The molecule has 0 spiro atoms. The number of amides is 2. The van der Waals surface area contributed by atoms with Crippen LogP contribution in [-0.2, 0) is 16.2 Å². The van der Waals surface area contributed by atoms with Crippen molar-refractivity contribution in [3.05, 3.63) is 76.7 Å². The molecule has 8 heteroatoms. The summed E-state index contributed by atoms with van der Waals surface area (Å²) < 4.78 is 6.81. The Morgan fingerprint density at radius 2 is 2.03 bits per heavy atom. The number of anilines is 2. The fraction of sp³-hybridized carbons (Fsp3) is 0.217. The molecule has 1 fully saturated rings. The predicted octanol–water partition coefficient (Wildman–Crippen LogP) is 4.12. The summed E-state index contributed by atoms with van der Waals surface area (Å²) in [4.78, 5) is 35.3. The number of nitrogens with zero attached hydrogens (tertiary/aromatic N) is 3. The number of rotatable bonds is 6. The molecule has 0 bridgehead atoms. The lowest BCUT2D eigenvalue weighted by Crippen LogP contribution is -2.28. The molecule has 1 aliphatic heterocycles. The molecule has 7 nitrogen and oxygen atoms in total. The monoisotopic (exact) mass is 480 g/mol. The SMILES string of the molecule is Cc1cc(N2CC(C(=O)Nc3ncccc3OCc3ccncc3)CC2=O)ccc1Br. The summed E-state index contributed by atoms with van der Waals surface area (Å²) in [6, 6.07) is 12.9. The average Bonchev–Trinajstić information content (AvgIpc) is 3.17. The van der Waals surface area contributed by atoms with Crippen LogP contribution in [0.15, 0.2) is 65.5 Å². The summed E-state index contributed by atoms with van der Waals surface area (Å²) >= 11 is 3.47. The van der Waals surface area contributed by atoms with E-state index in [2.05, 4.69) is 31.2 Å². The van der Waals surface area contributed by atoms with Gasteiger partial charge < -0.3 is 15.0 Å². The van der Waals surface area contributed by atoms with E-state index in [1.54, 1.807) is 35.6 Å². The summed E-state index contributed by atoms with van der Waals surface area (Å²) in [5.41, 5.74) is 2.78. The highest BCUT2D eigenvalue weighted by atomic mass is 79.9. The Morgan fingerprint density at radius 1 is 1.23 bits per heavy atom. The van der Waals surface area contributed by atoms with Gasteiger partial charge in [-0.15, -0.1) is 0 Å². The van der Waals surface area contributed by atoms with Crippen LogP contribution in [0, 0.1) is 12.8 Å². The van der Waals surface area contributed by atoms with Crippen molar-refractivity contribution in [1.82, 2.24) is 9.97 Å². The molecule has 1 unspecified atom stereocenters. The standard InChI is InChI=1S/C23H21BrN4O3/c1-15-11-18(4-5-19(15)24)28-13-17(12-21(28)29)23(30)27-22-20(3-2-8-26-22)31-14-16-6-9-25-10-7-16/h2-11,17H,12-14H2,1H3,(H,26,27,30). The van der Waals surface area contributed by atoms with E-state index in [1.807, 2.05) is 37.3 Å². The molecule has 1 aliphatic rings. The van der Waals surface area contributed by atoms with E-state index >= 15 is 0 Å². The van der Waals surface area contributed by atoms with Crippen molar-refractivity contribution in [3.8, 4) is 5.75 Å². The zero-order valence-electron chi connectivity index (χ0n) is 16.9. The molecule has 1 N–H and O–H groups in total. The number of halogens is 1. The molecule has 0 aliphatic carbocycles. The van der Waals surface area contributed by atoms with Crippen LogP contribution in [-0.4, -0.2) is 28.3 Å². The Labute approximate surface area is 188 Å². The fourth-order valence-electron chi connectivity index (χ4n) is 3.39. The fourth-order valence-corrected chi connectivity index (χ4v) is 3.64. The van der Waals surface area contributed by atoms with E-state index in [0.717, 1.165) is 21.3 Å². The highest BCUT2D eigenvalue weighted by Crippen LogP contribution is 2.30. The average molecular weight is 481 g/mol. The minimum atomic E-state index is -0.466. The minimum absolute atomic E-state index is 0.0722. The van der Waals surface area contributed by atoms with E-state index in [0.29, 0.717) is 24.7 Å². The lowest BCUT2D eigenvalue weighted by atomic mass is 10.1. The van der Waals surface area contributed by atoms with E-state index < -0.39 is 5.92 Å². The summed E-state index contributed by atoms with van der Waals surface area (Å²) in [6.45, 7) is 2.62. The van der Waals surface area contributed by atoms with Gasteiger partial charge in [0.25, 0.3) is 0 Å². The van der Waals surface area contributed by atoms with E-state index in [1.165, 1.54) is 0 Å². The van der Waals surface area contributed by atoms with Crippen molar-refractivity contribution in [2.75, 3.05) is 16.8 Å². The molecule has 2 amide bonds. The first-order valence-corrected chi connectivity index (χ1v) is 10.6. The Hall–Kier alpha value is -3.26. The number of nitrogens with one attached hydrogen (secondary N) is 1. The minimum Gasteiger partial charge on any atom is -0.485 e. The van der Waals surface area contributed by atoms with Crippen LogP contribution in [0.25, 0.3) is 0 Å². The van der Waals surface area contributed by atoms with Gasteiger partial charge in [-0.1, -0.05) is 15.9 Å². The molecule has 3 aromatic rings. The van der Waals surface area contributed by atoms with Gasteiger partial charge in [0.1, 0.15) is 6.61 Å². The smallest absolute Gasteiger partial charge is 0.231 e. The number of benzene rings is 1. The topological polar surface area (TPSA) is 84.4 Å². The first-order valence-electron chi connectivity index (χ1n) is 9.85. The quantitative estimate of drug-likeness (QED) is 0.573. The number of hydrogen-bond donors (Lipinski definition) is 1. The molecule has 1 atom stereocenters.